The Morgan fingerprint density at radius 3 is 2.18 bits per heavy atom. The summed E-state index contributed by atoms with van der Waals surface area (Å²) in [6.07, 6.45) is 0. The number of aliphatic hydroxyl groups is 1. The molecule has 3 N–H and O–H groups in total. The number of carbonyl (C=O) groups excluding carboxylic acids is 1. The highest BCUT2D eigenvalue weighted by molar-refractivity contribution is 14.1. The van der Waals surface area contributed by atoms with Crippen LogP contribution in [-0.2, 0) is 16.9 Å². The van der Waals surface area contributed by atoms with Crippen LogP contribution in [0.5, 0.6) is 0 Å². The van der Waals surface area contributed by atoms with Crippen LogP contribution in [0.1, 0.15) is 27.7 Å². The Kier molecular flexibility index (Phi) is 6.83. The van der Waals surface area contributed by atoms with Crippen LogP contribution in [0.4, 0.5) is 0 Å². The van der Waals surface area contributed by atoms with Gasteiger partial charge in [-0.05, 0) is 27.7 Å². The van der Waals surface area contributed by atoms with Crippen LogP contribution in [0.15, 0.2) is 0 Å². The van der Waals surface area contributed by atoms with Crippen LogP contribution in [0.25, 0.3) is 0 Å². The van der Waals surface area contributed by atoms with Gasteiger partial charge in [0.2, 0.25) is 0 Å². The van der Waals surface area contributed by atoms with E-state index < -0.39 is 18.9 Å². The maximum Gasteiger partial charge on any atom is 0.350 e. The van der Waals surface area contributed by atoms with Crippen LogP contribution in [-0.4, -0.2) is 64.6 Å². The molecule has 1 rings (SSSR count). The molecule has 1 heterocycles. The Labute approximate surface area is 145 Å². The zero-order valence-electron chi connectivity index (χ0n) is 13.4. The molecule has 22 heavy (non-hydrogen) atoms. The minimum Gasteiger partial charge on any atom is -0.388 e. The first-order chi connectivity index (χ1) is 9.89. The fourth-order valence-corrected chi connectivity index (χ4v) is 3.59. The maximum absolute atomic E-state index is 12.5. The zero-order chi connectivity index (χ0) is 17.2. The van der Waals surface area contributed by atoms with Crippen molar-refractivity contribution in [3.63, 3.8) is 0 Å². The van der Waals surface area contributed by atoms with Crippen molar-refractivity contribution in [3.05, 3.63) is 0 Å². The van der Waals surface area contributed by atoms with Crippen LogP contribution in [0.2, 0.25) is 0 Å². The van der Waals surface area contributed by atoms with Gasteiger partial charge in [-0.3, -0.25) is 9.36 Å². The second-order valence-electron chi connectivity index (χ2n) is 6.49. The molecule has 0 saturated carbocycles. The second-order valence-corrected chi connectivity index (χ2v) is 9.50. The Hall–Kier alpha value is 0.230. The van der Waals surface area contributed by atoms with E-state index in [1.807, 2.05) is 0 Å². The lowest BCUT2D eigenvalue weighted by atomic mass is 10.1. The smallest absolute Gasteiger partial charge is 0.350 e. The molecule has 0 radical (unpaired) electrons. The molecule has 0 aromatic heterocycles. The molecular weight excluding hydrogens is 424 g/mol. The predicted octanol–water partition coefficient (Wildman–Crippen LogP) is 1.13. The largest absolute Gasteiger partial charge is 0.388 e. The molecule has 1 aliphatic rings. The minimum atomic E-state index is -3.26. The van der Waals surface area contributed by atoms with Gasteiger partial charge in [-0.15, -0.1) is 0 Å². The minimum absolute atomic E-state index is 0.0619. The van der Waals surface area contributed by atoms with E-state index in [1.165, 1.54) is 23.0 Å². The number of amides is 1. The molecule has 1 saturated heterocycles. The molecule has 10 heteroatoms. The fraction of sp³-hybridized carbons (Fsp3) is 0.917. The second kappa shape index (κ2) is 7.42. The SMILES string of the molecule is CC(C)(O)COC(C)(C)C(=O)N1CCN(P(N)(=O)OI)CC1. The lowest BCUT2D eigenvalue weighted by Crippen LogP contribution is -2.55. The lowest BCUT2D eigenvalue weighted by Gasteiger charge is -2.39. The molecule has 1 amide bonds. The summed E-state index contributed by atoms with van der Waals surface area (Å²) in [7, 11) is -3.26. The van der Waals surface area contributed by atoms with Crippen molar-refractivity contribution in [2.24, 2.45) is 5.50 Å². The van der Waals surface area contributed by atoms with Gasteiger partial charge in [0.05, 0.1) is 12.2 Å². The highest BCUT2D eigenvalue weighted by Crippen LogP contribution is 2.45. The number of halogens is 1. The fourth-order valence-electron chi connectivity index (χ4n) is 2.02. The van der Waals surface area contributed by atoms with Gasteiger partial charge in [-0.25, -0.2) is 13.0 Å². The number of carbonyl (C=O) groups is 1. The summed E-state index contributed by atoms with van der Waals surface area (Å²) in [5.41, 5.74) is 3.56. The molecule has 1 atom stereocenters. The van der Waals surface area contributed by atoms with Crippen LogP contribution in [0, 0.1) is 0 Å². The number of piperazine rings is 1. The van der Waals surface area contributed by atoms with E-state index in [0.29, 0.717) is 26.2 Å². The van der Waals surface area contributed by atoms with E-state index in [0.717, 1.165) is 0 Å². The summed E-state index contributed by atoms with van der Waals surface area (Å²) in [6, 6.07) is 0. The third-order valence-electron chi connectivity index (χ3n) is 3.34. The van der Waals surface area contributed by atoms with Crippen molar-refractivity contribution in [2.75, 3.05) is 32.8 Å². The third kappa shape index (κ3) is 5.70. The topological polar surface area (TPSA) is 105 Å². The summed E-state index contributed by atoms with van der Waals surface area (Å²) < 4.78 is 23.8. The molecule has 0 aliphatic carbocycles. The summed E-state index contributed by atoms with van der Waals surface area (Å²) in [5, 5.41) is 9.71. The molecule has 0 aromatic carbocycles. The quantitative estimate of drug-likeness (QED) is 0.463. The standard InChI is InChI=1S/C12H25IN3O5P/c1-11(2,18)9-20-12(3,4)10(17)15-5-7-16(8-6-15)22(14,19)21-13/h18H,5-9H2,1-4H3,(H2,14,19). The third-order valence-corrected chi connectivity index (χ3v) is 6.42. The first-order valence-corrected chi connectivity index (χ1v) is 9.52. The molecule has 0 aromatic rings. The first-order valence-electron chi connectivity index (χ1n) is 6.99. The summed E-state index contributed by atoms with van der Waals surface area (Å²) in [5.74, 6) is -0.168. The molecule has 0 spiro atoms. The lowest BCUT2D eigenvalue weighted by molar-refractivity contribution is -0.162. The molecule has 1 fully saturated rings. The Balaban J connectivity index is 2.59. The summed E-state index contributed by atoms with van der Waals surface area (Å²) in [4.78, 5) is 14.2. The average molecular weight is 449 g/mol. The van der Waals surface area contributed by atoms with Gasteiger partial charge >= 0.3 is 7.67 Å². The van der Waals surface area contributed by atoms with Crippen LogP contribution < -0.4 is 5.50 Å². The first kappa shape index (κ1) is 20.3. The van der Waals surface area contributed by atoms with Gasteiger partial charge in [0.1, 0.15) is 28.6 Å². The number of ether oxygens (including phenoxy) is 1. The zero-order valence-corrected chi connectivity index (χ0v) is 16.5. The van der Waals surface area contributed by atoms with Crippen molar-refractivity contribution in [2.45, 2.75) is 38.9 Å². The molecule has 130 valence electrons. The Morgan fingerprint density at radius 2 is 1.77 bits per heavy atom. The Bertz CT molecular complexity index is 447. The summed E-state index contributed by atoms with van der Waals surface area (Å²) in [6.45, 7) is 8.21. The van der Waals surface area contributed by atoms with Crippen LogP contribution >= 0.6 is 30.7 Å². The number of nitrogens with zero attached hydrogens (tertiary/aromatic N) is 2. The van der Waals surface area contributed by atoms with E-state index in [1.54, 1.807) is 37.3 Å². The molecule has 1 aliphatic heterocycles. The van der Waals surface area contributed by atoms with Gasteiger partial charge in [0.15, 0.2) is 0 Å². The van der Waals surface area contributed by atoms with Gasteiger partial charge in [0, 0.05) is 26.2 Å². The molecule has 1 unspecified atom stereocenters. The Morgan fingerprint density at radius 1 is 1.27 bits per heavy atom. The predicted molar refractivity (Wildman–Crippen MR) is 91.4 cm³/mol. The highest BCUT2D eigenvalue weighted by atomic mass is 127. The monoisotopic (exact) mass is 449 g/mol. The van der Waals surface area contributed by atoms with E-state index >= 15 is 0 Å². The maximum atomic E-state index is 12.5. The van der Waals surface area contributed by atoms with E-state index in [9.17, 15) is 14.5 Å². The van der Waals surface area contributed by atoms with Crippen LogP contribution in [0.3, 0.4) is 0 Å². The van der Waals surface area contributed by atoms with Gasteiger partial charge in [-0.1, -0.05) is 0 Å². The number of hydrogen-bond acceptors (Lipinski definition) is 5. The van der Waals surface area contributed by atoms with Crippen molar-refractivity contribution >= 4 is 36.6 Å². The summed E-state index contributed by atoms with van der Waals surface area (Å²) >= 11 is 1.53. The van der Waals surface area contributed by atoms with Crippen molar-refractivity contribution < 1.29 is 22.1 Å². The van der Waals surface area contributed by atoms with Crippen molar-refractivity contribution in [1.29, 1.82) is 0 Å². The molecule has 0 bridgehead atoms. The van der Waals surface area contributed by atoms with Gasteiger partial charge in [-0.2, -0.15) is 0 Å². The van der Waals surface area contributed by atoms with Crippen molar-refractivity contribution in [1.82, 2.24) is 9.57 Å². The number of nitrogens with two attached hydrogens (primary N) is 1. The number of rotatable bonds is 6. The van der Waals surface area contributed by atoms with Gasteiger partial charge in [0.25, 0.3) is 5.91 Å². The average Bonchev–Trinajstić information content (AvgIpc) is 2.44. The normalized spacial score (nSPS) is 20.8. The molecular formula is C12H25IN3O5P. The molecule has 8 nitrogen and oxygen atoms in total. The van der Waals surface area contributed by atoms with Crippen molar-refractivity contribution in [3.8, 4) is 0 Å². The van der Waals surface area contributed by atoms with E-state index in [4.69, 9.17) is 13.1 Å². The number of hydrogen-bond donors (Lipinski definition) is 2. The van der Waals surface area contributed by atoms with E-state index in [2.05, 4.69) is 0 Å². The highest BCUT2D eigenvalue weighted by Gasteiger charge is 2.38. The van der Waals surface area contributed by atoms with E-state index in [-0.39, 0.29) is 12.5 Å². The van der Waals surface area contributed by atoms with Gasteiger partial charge < -0.3 is 14.7 Å².